The fourth-order valence-electron chi connectivity index (χ4n) is 2.60. The Morgan fingerprint density at radius 3 is 2.46 bits per heavy atom. The third-order valence-corrected chi connectivity index (χ3v) is 5.28. The normalized spacial score (nSPS) is 11.1. The summed E-state index contributed by atoms with van der Waals surface area (Å²) in [5.41, 5.74) is 2.21. The monoisotopic (exact) mass is 417 g/mol. The first kappa shape index (κ1) is 19.8. The molecule has 0 bridgehead atoms. The third-order valence-electron chi connectivity index (χ3n) is 3.71. The van der Waals surface area contributed by atoms with Crippen molar-refractivity contribution in [3.05, 3.63) is 59.5 Å². The van der Waals surface area contributed by atoms with E-state index in [2.05, 4.69) is 10.3 Å². The molecule has 2 N–H and O–H groups in total. The van der Waals surface area contributed by atoms with E-state index in [-0.39, 0.29) is 6.42 Å². The van der Waals surface area contributed by atoms with Crippen molar-refractivity contribution in [1.29, 1.82) is 0 Å². The van der Waals surface area contributed by atoms with Gasteiger partial charge in [0.2, 0.25) is 15.9 Å². The highest BCUT2D eigenvalue weighted by Crippen LogP contribution is 2.35. The minimum Gasteiger partial charge on any atom is -0.495 e. The summed E-state index contributed by atoms with van der Waals surface area (Å²) < 4.78 is 30.0. The predicted octanol–water partition coefficient (Wildman–Crippen LogP) is 3.18. The zero-order chi connectivity index (χ0) is 20.1. The van der Waals surface area contributed by atoms with E-state index in [0.717, 1.165) is 17.5 Å². The summed E-state index contributed by atoms with van der Waals surface area (Å²) in [7, 11) is -2.04. The fraction of sp³-hybridized carbons (Fsp3) is 0.158. The number of sulfonamides is 1. The Morgan fingerprint density at radius 2 is 1.79 bits per heavy atom. The summed E-state index contributed by atoms with van der Waals surface area (Å²) in [4.78, 5) is 17.4. The molecule has 0 saturated heterocycles. The molecule has 0 spiro atoms. The fourth-order valence-corrected chi connectivity index (χ4v) is 4.08. The molecule has 3 rings (SSSR count). The largest absolute Gasteiger partial charge is 0.495 e. The lowest BCUT2D eigenvalue weighted by Gasteiger charge is -2.08. The smallest absolute Gasteiger partial charge is 0.238 e. The summed E-state index contributed by atoms with van der Waals surface area (Å²) in [5.74, 6) is 0.0579. The van der Waals surface area contributed by atoms with Gasteiger partial charge < -0.3 is 10.1 Å². The Morgan fingerprint density at radius 1 is 1.11 bits per heavy atom. The molecule has 7 nitrogen and oxygen atoms in total. The number of hydrogen-bond donors (Lipinski definition) is 2. The molecule has 0 aliphatic rings. The molecular formula is C19H19N3O4S2. The van der Waals surface area contributed by atoms with Crippen molar-refractivity contribution in [2.75, 3.05) is 18.7 Å². The first-order valence-electron chi connectivity index (χ1n) is 8.31. The molecule has 0 atom stereocenters. The number of nitrogens with zero attached hydrogens (tertiary/aromatic N) is 1. The first-order valence-corrected chi connectivity index (χ1v) is 11.0. The molecule has 2 aromatic carbocycles. The summed E-state index contributed by atoms with van der Waals surface area (Å²) >= 11 is 1.29. The highest BCUT2D eigenvalue weighted by atomic mass is 32.2. The molecule has 28 heavy (non-hydrogen) atoms. The van der Waals surface area contributed by atoms with Crippen molar-refractivity contribution < 1.29 is 17.9 Å². The topological polar surface area (TPSA) is 97.4 Å². The summed E-state index contributed by atoms with van der Waals surface area (Å²) in [6.07, 6.45) is 0.854. The lowest BCUT2D eigenvalue weighted by atomic mass is 10.1. The van der Waals surface area contributed by atoms with Gasteiger partial charge in [0, 0.05) is 10.4 Å². The average molecular weight is 418 g/mol. The number of methoxy groups -OCH3 is 1. The van der Waals surface area contributed by atoms with E-state index < -0.39 is 15.9 Å². The van der Waals surface area contributed by atoms with Crippen molar-refractivity contribution in [3.8, 4) is 17.0 Å². The van der Waals surface area contributed by atoms with Crippen LogP contribution in [-0.2, 0) is 21.2 Å². The van der Waals surface area contributed by atoms with E-state index in [1.807, 2.05) is 59.3 Å². The van der Waals surface area contributed by atoms with Gasteiger partial charge in [0.15, 0.2) is 5.13 Å². The van der Waals surface area contributed by atoms with Gasteiger partial charge in [0.25, 0.3) is 0 Å². The van der Waals surface area contributed by atoms with Crippen LogP contribution in [-0.4, -0.2) is 32.7 Å². The van der Waals surface area contributed by atoms with Gasteiger partial charge in [0.05, 0.1) is 31.2 Å². The number of benzene rings is 2. The number of carbonyl (C=O) groups is 1. The maximum absolute atomic E-state index is 12.1. The van der Waals surface area contributed by atoms with Gasteiger partial charge in [0.1, 0.15) is 5.75 Å². The van der Waals surface area contributed by atoms with Crippen LogP contribution >= 0.6 is 11.3 Å². The Bertz CT molecular complexity index is 1080. The number of carbonyl (C=O) groups excluding carboxylic acids is 1. The minimum absolute atomic E-state index is 0.0947. The number of rotatable bonds is 7. The number of nitrogens with one attached hydrogen (secondary N) is 2. The summed E-state index contributed by atoms with van der Waals surface area (Å²) in [6.45, 7) is 0. The molecule has 1 heterocycles. The SMILES string of the molecule is COc1ccccc1Nc1nc(-c2ccccc2)c(CC(=O)NS(C)(=O)=O)s1. The lowest BCUT2D eigenvalue weighted by molar-refractivity contribution is -0.118. The Labute approximate surface area is 167 Å². The molecule has 0 unspecified atom stereocenters. The molecule has 0 fully saturated rings. The van der Waals surface area contributed by atoms with Gasteiger partial charge in [-0.2, -0.15) is 0 Å². The van der Waals surface area contributed by atoms with Crippen molar-refractivity contribution in [3.63, 3.8) is 0 Å². The number of amides is 1. The van der Waals surface area contributed by atoms with Crippen molar-refractivity contribution in [2.45, 2.75) is 6.42 Å². The molecule has 0 aliphatic carbocycles. The van der Waals surface area contributed by atoms with Crippen molar-refractivity contribution in [2.24, 2.45) is 0 Å². The maximum Gasteiger partial charge on any atom is 0.238 e. The first-order chi connectivity index (χ1) is 13.4. The predicted molar refractivity (Wildman–Crippen MR) is 111 cm³/mol. The number of aromatic nitrogens is 1. The molecule has 0 radical (unpaired) electrons. The molecule has 1 aromatic heterocycles. The van der Waals surface area contributed by atoms with Crippen LogP contribution in [0.4, 0.5) is 10.8 Å². The molecule has 9 heteroatoms. The zero-order valence-electron chi connectivity index (χ0n) is 15.3. The van der Waals surface area contributed by atoms with Gasteiger partial charge in [-0.05, 0) is 12.1 Å². The van der Waals surface area contributed by atoms with Gasteiger partial charge in [-0.25, -0.2) is 13.4 Å². The second-order valence-electron chi connectivity index (χ2n) is 5.96. The molecular weight excluding hydrogens is 398 g/mol. The average Bonchev–Trinajstić information content (AvgIpc) is 3.03. The van der Waals surface area contributed by atoms with Gasteiger partial charge in [-0.15, -0.1) is 11.3 Å². The van der Waals surface area contributed by atoms with E-state index in [0.29, 0.717) is 21.5 Å². The molecule has 3 aromatic rings. The third kappa shape index (κ3) is 5.08. The quantitative estimate of drug-likeness (QED) is 0.613. The molecule has 0 saturated carbocycles. The number of anilines is 2. The highest BCUT2D eigenvalue weighted by Gasteiger charge is 2.18. The standard InChI is InChI=1S/C19H19N3O4S2/c1-26-15-11-7-6-10-14(15)20-19-21-18(13-8-4-3-5-9-13)16(27-19)12-17(23)22-28(2,24)25/h3-11H,12H2,1-2H3,(H,20,21)(H,22,23). The van der Waals surface area contributed by atoms with Crippen LogP contribution in [0.5, 0.6) is 5.75 Å². The van der Waals surface area contributed by atoms with Gasteiger partial charge >= 0.3 is 0 Å². The number of thiazole rings is 1. The van der Waals surface area contributed by atoms with Crippen LogP contribution in [0.2, 0.25) is 0 Å². The Balaban J connectivity index is 1.94. The second kappa shape index (κ2) is 8.41. The molecule has 0 aliphatic heterocycles. The van der Waals surface area contributed by atoms with E-state index in [1.165, 1.54) is 11.3 Å². The Kier molecular flexibility index (Phi) is 5.96. The highest BCUT2D eigenvalue weighted by molar-refractivity contribution is 7.89. The van der Waals surface area contributed by atoms with E-state index in [4.69, 9.17) is 4.74 Å². The number of hydrogen-bond acceptors (Lipinski definition) is 7. The lowest BCUT2D eigenvalue weighted by Crippen LogP contribution is -2.30. The van der Waals surface area contributed by atoms with Crippen LogP contribution in [0.25, 0.3) is 11.3 Å². The van der Waals surface area contributed by atoms with Crippen LogP contribution in [0, 0.1) is 0 Å². The maximum atomic E-state index is 12.1. The minimum atomic E-state index is -3.62. The van der Waals surface area contributed by atoms with E-state index >= 15 is 0 Å². The van der Waals surface area contributed by atoms with E-state index in [1.54, 1.807) is 7.11 Å². The van der Waals surface area contributed by atoms with Crippen molar-refractivity contribution in [1.82, 2.24) is 9.71 Å². The van der Waals surface area contributed by atoms with Crippen molar-refractivity contribution >= 4 is 38.1 Å². The van der Waals surface area contributed by atoms with Crippen LogP contribution in [0.1, 0.15) is 4.88 Å². The summed E-state index contributed by atoms with van der Waals surface area (Å²) in [6, 6.07) is 16.8. The van der Waals surface area contributed by atoms with Crippen LogP contribution in [0.3, 0.4) is 0 Å². The second-order valence-corrected chi connectivity index (χ2v) is 8.79. The number of ether oxygens (including phenoxy) is 1. The van der Waals surface area contributed by atoms with Crippen LogP contribution in [0.15, 0.2) is 54.6 Å². The van der Waals surface area contributed by atoms with Gasteiger partial charge in [-0.1, -0.05) is 42.5 Å². The molecule has 1 amide bonds. The van der Waals surface area contributed by atoms with Crippen LogP contribution < -0.4 is 14.8 Å². The van der Waals surface area contributed by atoms with Gasteiger partial charge in [-0.3, -0.25) is 9.52 Å². The Hall–Kier alpha value is -2.91. The zero-order valence-corrected chi connectivity index (χ0v) is 16.9. The number of para-hydroxylation sites is 2. The molecule has 146 valence electrons. The van der Waals surface area contributed by atoms with E-state index in [9.17, 15) is 13.2 Å². The summed E-state index contributed by atoms with van der Waals surface area (Å²) in [5, 5.41) is 3.78.